The van der Waals surface area contributed by atoms with Crippen LogP contribution < -0.4 is 5.73 Å². The number of anilines is 1. The molecule has 5 N–H and O–H groups in total. The molecule has 158 valence electrons. The highest BCUT2D eigenvalue weighted by molar-refractivity contribution is 5.92. The number of hydrogen-bond donors (Lipinski definition) is 4. The van der Waals surface area contributed by atoms with Crippen LogP contribution >= 0.6 is 0 Å². The average Bonchev–Trinajstić information content (AvgIpc) is 3.16. The minimum absolute atomic E-state index is 0.208. The van der Waals surface area contributed by atoms with Crippen molar-refractivity contribution in [2.45, 2.75) is 51.1 Å². The molecule has 0 bridgehead atoms. The first-order valence-corrected chi connectivity index (χ1v) is 9.37. The monoisotopic (exact) mass is 406 g/mol. The number of rotatable bonds is 6. The molecule has 10 nitrogen and oxygen atoms in total. The first-order valence-electron chi connectivity index (χ1n) is 9.37. The van der Waals surface area contributed by atoms with Gasteiger partial charge in [-0.15, -0.1) is 0 Å². The quantitative estimate of drug-likeness (QED) is 0.377. The van der Waals surface area contributed by atoms with Gasteiger partial charge in [-0.25, -0.2) is 9.97 Å². The van der Waals surface area contributed by atoms with E-state index in [-0.39, 0.29) is 5.82 Å². The maximum absolute atomic E-state index is 10.8. The predicted octanol–water partition coefficient (Wildman–Crippen LogP) is -0.234. The fourth-order valence-electron chi connectivity index (χ4n) is 3.34. The van der Waals surface area contributed by atoms with Crippen molar-refractivity contribution in [3.05, 3.63) is 18.1 Å². The lowest BCUT2D eigenvalue weighted by atomic mass is 9.96. The molecule has 0 saturated carbocycles. The highest BCUT2D eigenvalue weighted by atomic mass is 16.7. The molecular weight excluding hydrogens is 380 g/mol. The van der Waals surface area contributed by atoms with Gasteiger partial charge in [0, 0.05) is 19.4 Å². The molecule has 0 spiro atoms. The number of nitrogen functional groups attached to an aromatic ring is 1. The summed E-state index contributed by atoms with van der Waals surface area (Å²) in [7, 11) is 0. The number of nitrogens with zero attached hydrogens (tertiary/aromatic N) is 3. The minimum atomic E-state index is -1.68. The molecule has 2 unspecified atom stereocenters. The van der Waals surface area contributed by atoms with E-state index in [0.29, 0.717) is 29.8 Å². The van der Waals surface area contributed by atoms with Crippen LogP contribution in [0.2, 0.25) is 0 Å². The van der Waals surface area contributed by atoms with E-state index in [1.165, 1.54) is 17.8 Å². The van der Waals surface area contributed by atoms with E-state index >= 15 is 0 Å². The Hall–Kier alpha value is -2.26. The average molecular weight is 406 g/mol. The second kappa shape index (κ2) is 8.62. The Balaban J connectivity index is 2.09. The van der Waals surface area contributed by atoms with Gasteiger partial charge >= 0.3 is 0 Å². The highest BCUT2D eigenvalue weighted by Crippen LogP contribution is 2.40. The van der Waals surface area contributed by atoms with Crippen LogP contribution in [0.4, 0.5) is 5.82 Å². The summed E-state index contributed by atoms with van der Waals surface area (Å²) < 4.78 is 18.1. The Morgan fingerprint density at radius 3 is 2.62 bits per heavy atom. The van der Waals surface area contributed by atoms with Crippen LogP contribution in [0.1, 0.15) is 32.6 Å². The highest BCUT2D eigenvalue weighted by Gasteiger charge is 2.53. The Kier molecular flexibility index (Phi) is 6.38. The molecule has 1 aliphatic rings. The zero-order valence-electron chi connectivity index (χ0n) is 16.6. The zero-order valence-corrected chi connectivity index (χ0v) is 16.6. The van der Waals surface area contributed by atoms with E-state index in [1.54, 1.807) is 6.20 Å². The third-order valence-electron chi connectivity index (χ3n) is 4.79. The summed E-state index contributed by atoms with van der Waals surface area (Å²) in [5.74, 6) is 6.08. The van der Waals surface area contributed by atoms with Gasteiger partial charge in [0.1, 0.15) is 35.6 Å². The second-order valence-electron chi connectivity index (χ2n) is 6.80. The molecule has 1 fully saturated rings. The zero-order chi connectivity index (χ0) is 21.2. The lowest BCUT2D eigenvalue weighted by Gasteiger charge is -2.27. The van der Waals surface area contributed by atoms with Crippen LogP contribution in [0.3, 0.4) is 0 Å². The summed E-state index contributed by atoms with van der Waals surface area (Å²) >= 11 is 0. The van der Waals surface area contributed by atoms with Gasteiger partial charge in [0.25, 0.3) is 0 Å². The molecule has 0 radical (unpaired) electrons. The van der Waals surface area contributed by atoms with E-state index in [9.17, 15) is 15.3 Å². The van der Waals surface area contributed by atoms with Gasteiger partial charge < -0.3 is 39.8 Å². The first kappa shape index (κ1) is 21.4. The Bertz CT molecular complexity index is 913. The summed E-state index contributed by atoms with van der Waals surface area (Å²) in [6.45, 7) is 5.54. The van der Waals surface area contributed by atoms with Crippen molar-refractivity contribution in [3.8, 4) is 11.8 Å². The van der Waals surface area contributed by atoms with Crippen molar-refractivity contribution in [2.75, 3.05) is 25.6 Å². The van der Waals surface area contributed by atoms with Gasteiger partial charge in [-0.05, 0) is 26.7 Å². The van der Waals surface area contributed by atoms with Crippen LogP contribution in [0.25, 0.3) is 11.0 Å². The molecule has 4 atom stereocenters. The van der Waals surface area contributed by atoms with Gasteiger partial charge in [-0.3, -0.25) is 0 Å². The fraction of sp³-hybridized carbons (Fsp3) is 0.579. The van der Waals surface area contributed by atoms with Gasteiger partial charge in [0.15, 0.2) is 6.23 Å². The Labute approximate surface area is 168 Å². The molecule has 29 heavy (non-hydrogen) atoms. The summed E-state index contributed by atoms with van der Waals surface area (Å²) in [4.78, 5) is 8.28. The topological polar surface area (TPSA) is 145 Å². The lowest BCUT2D eigenvalue weighted by molar-refractivity contribution is -0.0970. The smallest absolute Gasteiger partial charge is 0.222 e. The fourth-order valence-corrected chi connectivity index (χ4v) is 3.34. The summed E-state index contributed by atoms with van der Waals surface area (Å²) in [5, 5.41) is 31.0. The van der Waals surface area contributed by atoms with Gasteiger partial charge in [0.05, 0.1) is 17.6 Å². The Morgan fingerprint density at radius 1 is 1.34 bits per heavy atom. The third-order valence-corrected chi connectivity index (χ3v) is 4.79. The van der Waals surface area contributed by atoms with Crippen molar-refractivity contribution in [2.24, 2.45) is 0 Å². The second-order valence-corrected chi connectivity index (χ2v) is 6.80. The molecule has 10 heteroatoms. The summed E-state index contributed by atoms with van der Waals surface area (Å²) in [6, 6.07) is 0. The lowest BCUT2D eigenvalue weighted by Crippen LogP contribution is -2.44. The van der Waals surface area contributed by atoms with Crippen molar-refractivity contribution in [1.82, 2.24) is 14.5 Å². The normalized spacial score (nSPS) is 26.8. The number of fused-ring (bicyclic) bond motifs is 1. The molecule has 1 saturated heterocycles. The number of aliphatic hydroxyl groups is 3. The maximum atomic E-state index is 10.8. The van der Waals surface area contributed by atoms with Crippen molar-refractivity contribution in [3.63, 3.8) is 0 Å². The molecule has 2 aromatic heterocycles. The van der Waals surface area contributed by atoms with Crippen LogP contribution in [-0.2, 0) is 14.2 Å². The van der Waals surface area contributed by atoms with E-state index < -0.39 is 36.9 Å². The van der Waals surface area contributed by atoms with E-state index in [4.69, 9.17) is 19.9 Å². The minimum Gasteiger partial charge on any atom is -0.394 e. The van der Waals surface area contributed by atoms with E-state index in [2.05, 4.69) is 21.8 Å². The molecule has 0 aliphatic carbocycles. The molecule has 3 rings (SSSR count). The summed E-state index contributed by atoms with van der Waals surface area (Å²) in [5.41, 5.74) is 5.24. The van der Waals surface area contributed by atoms with E-state index in [1.807, 2.05) is 13.8 Å². The standard InChI is InChI=1S/C19H26N4O6/c1-4-27-13(28-5-2)7-6-11-8-23(17-14(11)16(20)21-10-22-17)18-19(3,26)15(25)12(9-24)29-18/h8,10,12-13,15,18,24-26H,4-5,9H2,1-3H3,(H2,20,21,22)/t12?,15-,18?,19-/m1/s1. The van der Waals surface area contributed by atoms with Gasteiger partial charge in [0.2, 0.25) is 6.29 Å². The van der Waals surface area contributed by atoms with Gasteiger partial charge in [-0.1, -0.05) is 5.92 Å². The summed E-state index contributed by atoms with van der Waals surface area (Å²) in [6.07, 6.45) is -1.05. The van der Waals surface area contributed by atoms with E-state index in [0.717, 1.165) is 0 Å². The SMILES string of the molecule is CCOC(C#Cc1cn(C2OC(CO)[C@@H](O)[C@@]2(C)O)c2ncnc(N)c12)OCC. The van der Waals surface area contributed by atoms with Crippen molar-refractivity contribution < 1.29 is 29.5 Å². The van der Waals surface area contributed by atoms with Gasteiger partial charge in [-0.2, -0.15) is 0 Å². The van der Waals surface area contributed by atoms with Crippen molar-refractivity contribution in [1.29, 1.82) is 0 Å². The largest absolute Gasteiger partial charge is 0.394 e. The number of ether oxygens (including phenoxy) is 3. The number of hydrogen-bond acceptors (Lipinski definition) is 9. The molecule has 2 aromatic rings. The molecular formula is C19H26N4O6. The van der Waals surface area contributed by atoms with Crippen molar-refractivity contribution >= 4 is 16.9 Å². The number of nitrogens with two attached hydrogens (primary N) is 1. The van der Waals surface area contributed by atoms with Crippen LogP contribution in [-0.4, -0.2) is 73.8 Å². The molecule has 0 amide bonds. The van der Waals surface area contributed by atoms with Crippen LogP contribution in [0, 0.1) is 11.8 Å². The van der Waals surface area contributed by atoms with Crippen LogP contribution in [0.5, 0.6) is 0 Å². The molecule has 0 aromatic carbocycles. The molecule has 3 heterocycles. The first-order chi connectivity index (χ1) is 13.8. The number of aliphatic hydroxyl groups excluding tert-OH is 2. The van der Waals surface area contributed by atoms with Crippen LogP contribution in [0.15, 0.2) is 12.5 Å². The molecule has 1 aliphatic heterocycles. The Morgan fingerprint density at radius 2 is 2.03 bits per heavy atom. The predicted molar refractivity (Wildman–Crippen MR) is 103 cm³/mol. The number of aromatic nitrogens is 3. The third kappa shape index (κ3) is 3.93. The maximum Gasteiger partial charge on any atom is 0.222 e.